The summed E-state index contributed by atoms with van der Waals surface area (Å²) < 4.78 is 28.9. The second kappa shape index (κ2) is 9.10. The van der Waals surface area contributed by atoms with E-state index in [-0.39, 0.29) is 17.5 Å². The Morgan fingerprint density at radius 1 is 1.12 bits per heavy atom. The molecule has 0 saturated heterocycles. The van der Waals surface area contributed by atoms with Gasteiger partial charge in [0, 0.05) is 12.6 Å². The Balaban J connectivity index is 2.04. The molecule has 5 nitrogen and oxygen atoms in total. The number of halogens is 2. The summed E-state index contributed by atoms with van der Waals surface area (Å²) in [5.41, 5.74) is 1.41. The van der Waals surface area contributed by atoms with Crippen LogP contribution in [0.15, 0.2) is 36.4 Å². The van der Waals surface area contributed by atoms with E-state index < -0.39 is 5.82 Å². The van der Waals surface area contributed by atoms with Gasteiger partial charge in [-0.1, -0.05) is 17.7 Å². The molecule has 0 fully saturated rings. The van der Waals surface area contributed by atoms with E-state index in [1.807, 2.05) is 0 Å². The SMILES string of the molecule is COc1cc(CNC(=O)/C=C/c2ccc(F)c(Cl)c2)cc(OC)c1OC. The van der Waals surface area contributed by atoms with Crippen molar-refractivity contribution in [2.24, 2.45) is 0 Å². The highest BCUT2D eigenvalue weighted by molar-refractivity contribution is 6.30. The quantitative estimate of drug-likeness (QED) is 0.743. The van der Waals surface area contributed by atoms with E-state index in [2.05, 4.69) is 5.32 Å². The van der Waals surface area contributed by atoms with Crippen molar-refractivity contribution in [1.29, 1.82) is 0 Å². The van der Waals surface area contributed by atoms with Crippen molar-refractivity contribution in [3.05, 3.63) is 58.4 Å². The molecule has 0 aliphatic carbocycles. The minimum absolute atomic E-state index is 0.00461. The lowest BCUT2D eigenvalue weighted by molar-refractivity contribution is -0.116. The fourth-order valence-corrected chi connectivity index (χ4v) is 2.46. The van der Waals surface area contributed by atoms with Crippen LogP contribution in [-0.4, -0.2) is 27.2 Å². The number of ether oxygens (including phenoxy) is 3. The molecule has 7 heteroatoms. The van der Waals surface area contributed by atoms with Gasteiger partial charge in [0.1, 0.15) is 5.82 Å². The largest absolute Gasteiger partial charge is 0.493 e. The standard InChI is InChI=1S/C19H19ClFNO4/c1-24-16-9-13(10-17(25-2)19(16)26-3)11-22-18(23)7-5-12-4-6-15(21)14(20)8-12/h4-10H,11H2,1-3H3,(H,22,23)/b7-5+. The number of rotatable bonds is 7. The third-order valence-electron chi connectivity index (χ3n) is 3.56. The van der Waals surface area contributed by atoms with E-state index in [1.165, 1.54) is 45.6 Å². The number of hydrogen-bond acceptors (Lipinski definition) is 4. The minimum atomic E-state index is -0.504. The van der Waals surface area contributed by atoms with Gasteiger partial charge < -0.3 is 19.5 Å². The van der Waals surface area contributed by atoms with Crippen LogP contribution in [0, 0.1) is 5.82 Å². The Kier molecular flexibility index (Phi) is 6.86. The Labute approximate surface area is 156 Å². The summed E-state index contributed by atoms with van der Waals surface area (Å²) in [6.45, 7) is 0.268. The molecular weight excluding hydrogens is 361 g/mol. The Bertz CT molecular complexity index is 798. The first-order chi connectivity index (χ1) is 12.5. The smallest absolute Gasteiger partial charge is 0.244 e. The molecule has 2 aromatic carbocycles. The zero-order valence-corrected chi connectivity index (χ0v) is 15.4. The van der Waals surface area contributed by atoms with E-state index in [1.54, 1.807) is 18.2 Å². The zero-order valence-electron chi connectivity index (χ0n) is 14.6. The third-order valence-corrected chi connectivity index (χ3v) is 3.85. The predicted octanol–water partition coefficient (Wildman–Crippen LogP) is 3.83. The molecule has 0 aliphatic heterocycles. The van der Waals surface area contributed by atoms with Crippen molar-refractivity contribution in [1.82, 2.24) is 5.32 Å². The van der Waals surface area contributed by atoms with Crippen molar-refractivity contribution in [3.8, 4) is 17.2 Å². The van der Waals surface area contributed by atoms with Crippen molar-refractivity contribution in [2.75, 3.05) is 21.3 Å². The van der Waals surface area contributed by atoms with Crippen molar-refractivity contribution < 1.29 is 23.4 Å². The van der Waals surface area contributed by atoms with Crippen molar-refractivity contribution in [3.63, 3.8) is 0 Å². The van der Waals surface area contributed by atoms with Crippen LogP contribution in [-0.2, 0) is 11.3 Å². The summed E-state index contributed by atoms with van der Waals surface area (Å²) in [6.07, 6.45) is 2.90. The number of methoxy groups -OCH3 is 3. The summed E-state index contributed by atoms with van der Waals surface area (Å²) in [7, 11) is 4.57. The summed E-state index contributed by atoms with van der Waals surface area (Å²) in [6, 6.07) is 7.73. The first-order valence-electron chi connectivity index (χ1n) is 7.68. The molecule has 2 rings (SSSR count). The van der Waals surface area contributed by atoms with E-state index in [9.17, 15) is 9.18 Å². The fraction of sp³-hybridized carbons (Fsp3) is 0.211. The Morgan fingerprint density at radius 2 is 1.77 bits per heavy atom. The monoisotopic (exact) mass is 379 g/mol. The maximum Gasteiger partial charge on any atom is 0.244 e. The first-order valence-corrected chi connectivity index (χ1v) is 8.06. The van der Waals surface area contributed by atoms with Crippen LogP contribution >= 0.6 is 11.6 Å². The van der Waals surface area contributed by atoms with Gasteiger partial charge in [-0.3, -0.25) is 4.79 Å². The van der Waals surface area contributed by atoms with Crippen molar-refractivity contribution in [2.45, 2.75) is 6.54 Å². The summed E-state index contributed by atoms with van der Waals surface area (Å²) in [5, 5.41) is 2.76. The van der Waals surface area contributed by atoms with Crippen molar-refractivity contribution >= 4 is 23.6 Å². The molecule has 0 spiro atoms. The molecule has 2 aromatic rings. The van der Waals surface area contributed by atoms with Gasteiger partial charge in [-0.05, 0) is 41.5 Å². The first kappa shape index (κ1) is 19.6. The van der Waals surface area contributed by atoms with Gasteiger partial charge in [0.15, 0.2) is 11.5 Å². The highest BCUT2D eigenvalue weighted by Gasteiger charge is 2.13. The molecule has 0 aromatic heterocycles. The van der Waals surface area contributed by atoms with E-state index >= 15 is 0 Å². The van der Waals surface area contributed by atoms with Gasteiger partial charge in [-0.15, -0.1) is 0 Å². The van der Waals surface area contributed by atoms with E-state index in [4.69, 9.17) is 25.8 Å². The van der Waals surface area contributed by atoms with Crippen LogP contribution in [0.3, 0.4) is 0 Å². The van der Waals surface area contributed by atoms with Gasteiger partial charge in [-0.25, -0.2) is 4.39 Å². The van der Waals surface area contributed by atoms with E-state index in [0.29, 0.717) is 22.8 Å². The Hall–Kier alpha value is -2.73. The second-order valence-corrected chi connectivity index (χ2v) is 5.67. The molecule has 0 saturated carbocycles. The van der Waals surface area contributed by atoms with Gasteiger partial charge in [0.05, 0.1) is 26.4 Å². The minimum Gasteiger partial charge on any atom is -0.493 e. The molecule has 0 atom stereocenters. The van der Waals surface area contributed by atoms with Gasteiger partial charge in [0.2, 0.25) is 11.7 Å². The van der Waals surface area contributed by atoms with Crippen LogP contribution in [0.5, 0.6) is 17.2 Å². The lowest BCUT2D eigenvalue weighted by Crippen LogP contribution is -2.20. The number of carbonyl (C=O) groups is 1. The maximum absolute atomic E-state index is 13.1. The Morgan fingerprint density at radius 3 is 2.31 bits per heavy atom. The molecular formula is C19H19ClFNO4. The molecule has 0 unspecified atom stereocenters. The molecule has 0 radical (unpaired) electrons. The average Bonchev–Trinajstić information content (AvgIpc) is 2.66. The molecule has 0 heterocycles. The van der Waals surface area contributed by atoms with Crippen LogP contribution < -0.4 is 19.5 Å². The molecule has 138 valence electrons. The number of carbonyl (C=O) groups excluding carboxylic acids is 1. The van der Waals surface area contributed by atoms with Crippen LogP contribution in [0.2, 0.25) is 5.02 Å². The van der Waals surface area contributed by atoms with Crippen LogP contribution in [0.25, 0.3) is 6.08 Å². The van der Waals surface area contributed by atoms with Gasteiger partial charge >= 0.3 is 0 Å². The number of hydrogen-bond donors (Lipinski definition) is 1. The summed E-state index contributed by atoms with van der Waals surface area (Å²) in [4.78, 5) is 12.0. The van der Waals surface area contributed by atoms with Crippen LogP contribution in [0.1, 0.15) is 11.1 Å². The zero-order chi connectivity index (χ0) is 19.1. The summed E-state index contributed by atoms with van der Waals surface area (Å²) in [5.74, 6) is 0.688. The fourth-order valence-electron chi connectivity index (χ4n) is 2.27. The molecule has 0 bridgehead atoms. The van der Waals surface area contributed by atoms with Gasteiger partial charge in [-0.2, -0.15) is 0 Å². The molecule has 1 N–H and O–H groups in total. The lowest BCUT2D eigenvalue weighted by Gasteiger charge is -2.14. The summed E-state index contributed by atoms with van der Waals surface area (Å²) >= 11 is 5.71. The molecule has 0 aliphatic rings. The third kappa shape index (κ3) is 4.89. The average molecular weight is 380 g/mol. The lowest BCUT2D eigenvalue weighted by atomic mass is 10.1. The molecule has 1 amide bonds. The predicted molar refractivity (Wildman–Crippen MR) is 98.4 cm³/mol. The highest BCUT2D eigenvalue weighted by atomic mass is 35.5. The number of nitrogens with one attached hydrogen (secondary N) is 1. The highest BCUT2D eigenvalue weighted by Crippen LogP contribution is 2.38. The number of benzene rings is 2. The van der Waals surface area contributed by atoms with Gasteiger partial charge in [0.25, 0.3) is 0 Å². The topological polar surface area (TPSA) is 56.8 Å². The molecule has 26 heavy (non-hydrogen) atoms. The normalized spacial score (nSPS) is 10.7. The van der Waals surface area contributed by atoms with E-state index in [0.717, 1.165) is 5.56 Å². The van der Waals surface area contributed by atoms with Crippen LogP contribution in [0.4, 0.5) is 4.39 Å². The second-order valence-electron chi connectivity index (χ2n) is 5.26. The maximum atomic E-state index is 13.1. The number of amides is 1.